The fourth-order valence-corrected chi connectivity index (χ4v) is 2.69. The Morgan fingerprint density at radius 1 is 1.45 bits per heavy atom. The smallest absolute Gasteiger partial charge is 0.219 e. The third-order valence-electron chi connectivity index (χ3n) is 3.94. The molecule has 2 rings (SSSR count). The summed E-state index contributed by atoms with van der Waals surface area (Å²) in [5, 5.41) is 12.5. The molecule has 4 nitrogen and oxygen atoms in total. The first-order valence-corrected chi connectivity index (χ1v) is 7.12. The Morgan fingerprint density at radius 3 is 2.75 bits per heavy atom. The van der Waals surface area contributed by atoms with Gasteiger partial charge in [-0.1, -0.05) is 12.1 Å². The Kier molecular flexibility index (Phi) is 4.75. The number of carbonyl (C=O) groups excluding carboxylic acids is 1. The van der Waals surface area contributed by atoms with Crippen molar-refractivity contribution in [3.05, 3.63) is 35.4 Å². The average molecular weight is 271 g/mol. The minimum absolute atomic E-state index is 0.165. The topological polar surface area (TPSA) is 56.1 Å². The number of hydrogen-bond donors (Lipinski definition) is 1. The van der Waals surface area contributed by atoms with Gasteiger partial charge in [-0.25, -0.2) is 0 Å². The molecule has 1 aliphatic rings. The highest BCUT2D eigenvalue weighted by Gasteiger charge is 2.21. The lowest BCUT2D eigenvalue weighted by Crippen LogP contribution is -2.44. The molecule has 1 heterocycles. The zero-order valence-corrected chi connectivity index (χ0v) is 12.1. The zero-order valence-electron chi connectivity index (χ0n) is 12.1. The summed E-state index contributed by atoms with van der Waals surface area (Å²) < 4.78 is 0. The number of piperidine rings is 1. The van der Waals surface area contributed by atoms with Crippen molar-refractivity contribution in [1.82, 2.24) is 10.2 Å². The molecule has 4 heteroatoms. The van der Waals surface area contributed by atoms with E-state index in [9.17, 15) is 4.79 Å². The van der Waals surface area contributed by atoms with Crippen molar-refractivity contribution >= 4 is 5.91 Å². The van der Waals surface area contributed by atoms with Gasteiger partial charge in [-0.2, -0.15) is 5.26 Å². The highest BCUT2D eigenvalue weighted by atomic mass is 16.2. The summed E-state index contributed by atoms with van der Waals surface area (Å²) in [6.07, 6.45) is 1.98. The maximum absolute atomic E-state index is 11.3. The van der Waals surface area contributed by atoms with Crippen molar-refractivity contribution in [2.75, 3.05) is 13.1 Å². The number of carbonyl (C=O) groups is 1. The third kappa shape index (κ3) is 3.58. The number of rotatable bonds is 3. The van der Waals surface area contributed by atoms with Crippen LogP contribution in [0.15, 0.2) is 24.3 Å². The van der Waals surface area contributed by atoms with E-state index in [1.54, 1.807) is 6.92 Å². The lowest BCUT2D eigenvalue weighted by Gasteiger charge is -2.33. The summed E-state index contributed by atoms with van der Waals surface area (Å²) in [7, 11) is 0. The van der Waals surface area contributed by atoms with Crippen LogP contribution in [0.1, 0.15) is 43.9 Å². The van der Waals surface area contributed by atoms with Crippen LogP contribution in [-0.4, -0.2) is 29.9 Å². The van der Waals surface area contributed by atoms with Crippen LogP contribution in [0.4, 0.5) is 0 Å². The van der Waals surface area contributed by atoms with E-state index in [0.717, 1.165) is 31.5 Å². The molecule has 0 aromatic heterocycles. The molecule has 0 spiro atoms. The van der Waals surface area contributed by atoms with Crippen molar-refractivity contribution in [2.24, 2.45) is 0 Å². The first kappa shape index (κ1) is 14.5. The molecule has 1 aromatic rings. The first-order valence-electron chi connectivity index (χ1n) is 7.12. The van der Waals surface area contributed by atoms with Crippen LogP contribution < -0.4 is 5.32 Å². The zero-order chi connectivity index (χ0) is 14.5. The van der Waals surface area contributed by atoms with Crippen molar-refractivity contribution in [3.63, 3.8) is 0 Å². The number of hydrogen-bond acceptors (Lipinski definition) is 3. The van der Waals surface area contributed by atoms with E-state index in [0.29, 0.717) is 11.6 Å². The summed E-state index contributed by atoms with van der Waals surface area (Å²) in [6.45, 7) is 5.41. The monoisotopic (exact) mass is 271 g/mol. The molecule has 1 atom stereocenters. The number of likely N-dealkylation sites (tertiary alicyclic amines) is 1. The van der Waals surface area contributed by atoms with E-state index >= 15 is 0 Å². The fraction of sp³-hybridized carbons (Fsp3) is 0.500. The molecule has 20 heavy (non-hydrogen) atoms. The third-order valence-corrected chi connectivity index (χ3v) is 3.94. The van der Waals surface area contributed by atoms with Crippen molar-refractivity contribution in [2.45, 2.75) is 38.8 Å². The molecule has 1 amide bonds. The SMILES string of the molecule is CC(=O)N1CCC(NC(C)c2cccc(C#N)c2)CC1. The van der Waals surface area contributed by atoms with Crippen LogP contribution in [0.2, 0.25) is 0 Å². The van der Waals surface area contributed by atoms with Gasteiger partial charge in [0.2, 0.25) is 5.91 Å². The van der Waals surface area contributed by atoms with Gasteiger partial charge >= 0.3 is 0 Å². The van der Waals surface area contributed by atoms with Crippen molar-refractivity contribution < 1.29 is 4.79 Å². The van der Waals surface area contributed by atoms with Crippen LogP contribution in [0.25, 0.3) is 0 Å². The molecular weight excluding hydrogens is 250 g/mol. The molecular formula is C16H21N3O. The van der Waals surface area contributed by atoms with E-state index in [2.05, 4.69) is 18.3 Å². The minimum Gasteiger partial charge on any atom is -0.343 e. The van der Waals surface area contributed by atoms with Crippen LogP contribution in [-0.2, 0) is 4.79 Å². The van der Waals surface area contributed by atoms with Crippen LogP contribution in [0.3, 0.4) is 0 Å². The molecule has 0 saturated carbocycles. The van der Waals surface area contributed by atoms with Crippen LogP contribution in [0, 0.1) is 11.3 Å². The summed E-state index contributed by atoms with van der Waals surface area (Å²) in [4.78, 5) is 13.2. The largest absolute Gasteiger partial charge is 0.343 e. The highest BCUT2D eigenvalue weighted by molar-refractivity contribution is 5.73. The second-order valence-corrected chi connectivity index (χ2v) is 5.41. The number of nitrogens with zero attached hydrogens (tertiary/aromatic N) is 2. The van der Waals surface area contributed by atoms with Crippen LogP contribution >= 0.6 is 0 Å². The first-order chi connectivity index (χ1) is 9.60. The highest BCUT2D eigenvalue weighted by Crippen LogP contribution is 2.18. The van der Waals surface area contributed by atoms with Crippen LogP contribution in [0.5, 0.6) is 0 Å². The predicted octanol–water partition coefficient (Wildman–Crippen LogP) is 2.22. The van der Waals surface area contributed by atoms with Gasteiger partial charge in [-0.05, 0) is 37.5 Å². The molecule has 1 unspecified atom stereocenters. The van der Waals surface area contributed by atoms with Crippen molar-refractivity contribution in [3.8, 4) is 6.07 Å². The molecule has 0 bridgehead atoms. The van der Waals surface area contributed by atoms with Crippen molar-refractivity contribution in [1.29, 1.82) is 5.26 Å². The fourth-order valence-electron chi connectivity index (χ4n) is 2.69. The van der Waals surface area contributed by atoms with Gasteiger partial charge in [0.05, 0.1) is 11.6 Å². The summed E-state index contributed by atoms with van der Waals surface area (Å²) >= 11 is 0. The second kappa shape index (κ2) is 6.53. The molecule has 1 aliphatic heterocycles. The summed E-state index contributed by atoms with van der Waals surface area (Å²) in [6, 6.07) is 10.5. The van der Waals surface area contributed by atoms with Gasteiger partial charge in [0, 0.05) is 32.1 Å². The van der Waals surface area contributed by atoms with E-state index in [1.165, 1.54) is 0 Å². The number of nitrogens with one attached hydrogen (secondary N) is 1. The van der Waals surface area contributed by atoms with Gasteiger partial charge < -0.3 is 10.2 Å². The van der Waals surface area contributed by atoms with Gasteiger partial charge in [0.25, 0.3) is 0 Å². The average Bonchev–Trinajstić information content (AvgIpc) is 2.47. The maximum atomic E-state index is 11.3. The Balaban J connectivity index is 1.90. The molecule has 1 aromatic carbocycles. The number of benzene rings is 1. The minimum atomic E-state index is 0.165. The molecule has 1 fully saturated rings. The Hall–Kier alpha value is -1.86. The normalized spacial score (nSPS) is 17.6. The predicted molar refractivity (Wildman–Crippen MR) is 78.0 cm³/mol. The standard InChI is InChI=1S/C16H21N3O/c1-12(15-5-3-4-14(10-15)11-17)18-16-6-8-19(9-7-16)13(2)20/h3-5,10,12,16,18H,6-9H2,1-2H3. The summed E-state index contributed by atoms with van der Waals surface area (Å²) in [5.74, 6) is 0.165. The van der Waals surface area contributed by atoms with E-state index in [1.807, 2.05) is 29.2 Å². The summed E-state index contributed by atoms with van der Waals surface area (Å²) in [5.41, 5.74) is 1.83. The maximum Gasteiger partial charge on any atom is 0.219 e. The van der Waals surface area contributed by atoms with Gasteiger partial charge in [0.1, 0.15) is 0 Å². The molecule has 0 radical (unpaired) electrons. The molecule has 106 valence electrons. The second-order valence-electron chi connectivity index (χ2n) is 5.41. The quantitative estimate of drug-likeness (QED) is 0.917. The number of nitriles is 1. The lowest BCUT2D eigenvalue weighted by atomic mass is 10.0. The Labute approximate surface area is 120 Å². The number of amides is 1. The van der Waals surface area contributed by atoms with Gasteiger partial charge in [-0.3, -0.25) is 4.79 Å². The lowest BCUT2D eigenvalue weighted by molar-refractivity contribution is -0.129. The van der Waals surface area contributed by atoms with E-state index in [4.69, 9.17) is 5.26 Å². The van der Waals surface area contributed by atoms with Gasteiger partial charge in [0.15, 0.2) is 0 Å². The molecule has 1 N–H and O–H groups in total. The van der Waals surface area contributed by atoms with E-state index in [-0.39, 0.29) is 11.9 Å². The van der Waals surface area contributed by atoms with E-state index < -0.39 is 0 Å². The molecule has 0 aliphatic carbocycles. The molecule has 1 saturated heterocycles. The Bertz CT molecular complexity index is 513. The van der Waals surface area contributed by atoms with Gasteiger partial charge in [-0.15, -0.1) is 0 Å². The Morgan fingerprint density at radius 2 is 2.15 bits per heavy atom.